The molecule has 0 N–H and O–H groups in total. The summed E-state index contributed by atoms with van der Waals surface area (Å²) in [5, 5.41) is 0. The topological polar surface area (TPSA) is 23.6 Å². The van der Waals surface area contributed by atoms with E-state index in [2.05, 4.69) is 4.90 Å². The van der Waals surface area contributed by atoms with Gasteiger partial charge in [0.15, 0.2) is 0 Å². The zero-order valence-electron chi connectivity index (χ0n) is 11.7. The van der Waals surface area contributed by atoms with Gasteiger partial charge in [-0.2, -0.15) is 0 Å². The molecular formula is C15H25FN2O. The smallest absolute Gasteiger partial charge is 0.223 e. The Morgan fingerprint density at radius 2 is 2.05 bits per heavy atom. The van der Waals surface area contributed by atoms with Crippen LogP contribution in [0.1, 0.15) is 44.9 Å². The Kier molecular flexibility index (Phi) is 3.79. The predicted molar refractivity (Wildman–Crippen MR) is 72.7 cm³/mol. The van der Waals surface area contributed by atoms with E-state index in [0.717, 1.165) is 44.7 Å². The Morgan fingerprint density at radius 3 is 2.79 bits per heavy atom. The lowest BCUT2D eigenvalue weighted by molar-refractivity contribution is -0.131. The number of amides is 1. The van der Waals surface area contributed by atoms with E-state index in [1.54, 1.807) is 0 Å². The maximum atomic E-state index is 12.7. The molecule has 2 aliphatic heterocycles. The zero-order valence-corrected chi connectivity index (χ0v) is 11.7. The van der Waals surface area contributed by atoms with E-state index in [1.807, 2.05) is 4.90 Å². The Hall–Kier alpha value is -0.640. The molecule has 3 nitrogen and oxygen atoms in total. The van der Waals surface area contributed by atoms with Crippen LogP contribution in [0.25, 0.3) is 0 Å². The van der Waals surface area contributed by atoms with Gasteiger partial charge in [0.05, 0.1) is 0 Å². The van der Waals surface area contributed by atoms with Crippen LogP contribution < -0.4 is 0 Å². The normalized spacial score (nSPS) is 33.1. The molecule has 108 valence electrons. The third-order valence-electron chi connectivity index (χ3n) is 5.21. The number of alkyl halides is 1. The number of carbonyl (C=O) groups is 1. The first-order valence-electron chi connectivity index (χ1n) is 7.82. The van der Waals surface area contributed by atoms with Crippen molar-refractivity contribution >= 4 is 5.91 Å². The second kappa shape index (κ2) is 5.39. The quantitative estimate of drug-likeness (QED) is 0.780. The fourth-order valence-electron chi connectivity index (χ4n) is 3.92. The molecule has 0 aromatic rings. The molecule has 1 aliphatic carbocycles. The van der Waals surface area contributed by atoms with Gasteiger partial charge >= 0.3 is 0 Å². The minimum atomic E-state index is -0.403. The zero-order chi connectivity index (χ0) is 13.3. The molecule has 0 aromatic heterocycles. The van der Waals surface area contributed by atoms with Gasteiger partial charge < -0.3 is 9.80 Å². The molecule has 1 saturated carbocycles. The van der Waals surface area contributed by atoms with Crippen molar-refractivity contribution in [2.45, 2.75) is 50.5 Å². The maximum Gasteiger partial charge on any atom is 0.223 e. The van der Waals surface area contributed by atoms with Crippen LogP contribution >= 0.6 is 0 Å². The first-order valence-corrected chi connectivity index (χ1v) is 7.82. The lowest BCUT2D eigenvalue weighted by Gasteiger charge is -2.37. The fraction of sp³-hybridized carbons (Fsp3) is 0.933. The standard InChI is InChI=1S/C15H25FN2O/c16-8-11-18-14(19)4-6-15(18)5-1-9-17(10-7-15)12-13-2-3-13/h13H,1-12H2/t15-/m1/s1. The lowest BCUT2D eigenvalue weighted by atomic mass is 9.88. The molecule has 3 aliphatic rings. The average Bonchev–Trinajstić information content (AvgIpc) is 3.18. The van der Waals surface area contributed by atoms with Crippen molar-refractivity contribution < 1.29 is 9.18 Å². The molecule has 0 bridgehead atoms. The molecule has 0 radical (unpaired) electrons. The second-order valence-corrected chi connectivity index (χ2v) is 6.56. The van der Waals surface area contributed by atoms with Gasteiger partial charge in [0.25, 0.3) is 0 Å². The first-order chi connectivity index (χ1) is 9.23. The van der Waals surface area contributed by atoms with E-state index < -0.39 is 6.67 Å². The third-order valence-corrected chi connectivity index (χ3v) is 5.21. The Balaban J connectivity index is 1.64. The second-order valence-electron chi connectivity index (χ2n) is 6.56. The molecule has 1 atom stereocenters. The molecule has 2 heterocycles. The van der Waals surface area contributed by atoms with Crippen molar-refractivity contribution in [1.29, 1.82) is 0 Å². The molecule has 1 spiro atoms. The number of nitrogens with zero attached hydrogens (tertiary/aromatic N) is 2. The van der Waals surface area contributed by atoms with Crippen LogP contribution in [0.5, 0.6) is 0 Å². The van der Waals surface area contributed by atoms with Gasteiger partial charge in [-0.25, -0.2) is 4.39 Å². The maximum absolute atomic E-state index is 12.7. The molecule has 2 saturated heterocycles. The van der Waals surface area contributed by atoms with E-state index >= 15 is 0 Å². The van der Waals surface area contributed by atoms with Crippen LogP contribution in [0.3, 0.4) is 0 Å². The summed E-state index contributed by atoms with van der Waals surface area (Å²) in [5.74, 6) is 1.11. The molecular weight excluding hydrogens is 243 g/mol. The Bertz CT molecular complexity index is 345. The van der Waals surface area contributed by atoms with E-state index in [9.17, 15) is 9.18 Å². The van der Waals surface area contributed by atoms with Gasteiger partial charge in [-0.1, -0.05) is 0 Å². The number of rotatable bonds is 4. The summed E-state index contributed by atoms with van der Waals surface area (Å²) in [7, 11) is 0. The van der Waals surface area contributed by atoms with Crippen LogP contribution in [0.2, 0.25) is 0 Å². The summed E-state index contributed by atoms with van der Waals surface area (Å²) in [6, 6.07) is 0. The highest BCUT2D eigenvalue weighted by molar-refractivity contribution is 5.79. The molecule has 0 aromatic carbocycles. The number of carbonyl (C=O) groups excluding carboxylic acids is 1. The lowest BCUT2D eigenvalue weighted by Crippen LogP contribution is -2.47. The highest BCUT2D eigenvalue weighted by Crippen LogP contribution is 2.39. The van der Waals surface area contributed by atoms with Gasteiger partial charge in [0, 0.05) is 31.6 Å². The van der Waals surface area contributed by atoms with Crippen molar-refractivity contribution in [3.05, 3.63) is 0 Å². The summed E-state index contributed by atoms with van der Waals surface area (Å²) < 4.78 is 12.7. The third kappa shape index (κ3) is 2.78. The largest absolute Gasteiger partial charge is 0.334 e. The molecule has 1 amide bonds. The summed E-state index contributed by atoms with van der Waals surface area (Å²) in [6.07, 6.45) is 7.64. The molecule has 0 unspecified atom stereocenters. The summed E-state index contributed by atoms with van der Waals surface area (Å²) in [6.45, 7) is 3.40. The van der Waals surface area contributed by atoms with Gasteiger partial charge in [0.1, 0.15) is 6.67 Å². The van der Waals surface area contributed by atoms with Crippen molar-refractivity contribution in [3.8, 4) is 0 Å². The SMILES string of the molecule is O=C1CC[C@@]2(CCCN(CC3CC3)CC2)N1CCF. The molecule has 3 fully saturated rings. The number of hydrogen-bond acceptors (Lipinski definition) is 2. The van der Waals surface area contributed by atoms with E-state index in [1.165, 1.54) is 19.4 Å². The van der Waals surface area contributed by atoms with Gasteiger partial charge in [-0.05, 0) is 51.0 Å². The molecule has 4 heteroatoms. The summed E-state index contributed by atoms with van der Waals surface area (Å²) in [5.41, 5.74) is -0.0124. The summed E-state index contributed by atoms with van der Waals surface area (Å²) >= 11 is 0. The highest BCUT2D eigenvalue weighted by atomic mass is 19.1. The van der Waals surface area contributed by atoms with E-state index in [0.29, 0.717) is 13.0 Å². The Labute approximate surface area is 115 Å². The fourth-order valence-corrected chi connectivity index (χ4v) is 3.92. The van der Waals surface area contributed by atoms with Crippen molar-refractivity contribution in [2.24, 2.45) is 5.92 Å². The van der Waals surface area contributed by atoms with Gasteiger partial charge in [0.2, 0.25) is 5.91 Å². The first kappa shape index (κ1) is 13.3. The van der Waals surface area contributed by atoms with E-state index in [-0.39, 0.29) is 11.4 Å². The van der Waals surface area contributed by atoms with Crippen LogP contribution in [-0.2, 0) is 4.79 Å². The highest BCUT2D eigenvalue weighted by Gasteiger charge is 2.45. The minimum absolute atomic E-state index is 0.0124. The van der Waals surface area contributed by atoms with Crippen molar-refractivity contribution in [2.75, 3.05) is 32.9 Å². The minimum Gasteiger partial charge on any atom is -0.334 e. The number of halogens is 1. The number of likely N-dealkylation sites (tertiary alicyclic amines) is 2. The van der Waals surface area contributed by atoms with Crippen LogP contribution in [-0.4, -0.2) is 54.1 Å². The van der Waals surface area contributed by atoms with E-state index in [4.69, 9.17) is 0 Å². The van der Waals surface area contributed by atoms with Crippen molar-refractivity contribution in [1.82, 2.24) is 9.80 Å². The van der Waals surface area contributed by atoms with Gasteiger partial charge in [-0.15, -0.1) is 0 Å². The molecule has 19 heavy (non-hydrogen) atoms. The monoisotopic (exact) mass is 268 g/mol. The Morgan fingerprint density at radius 1 is 1.21 bits per heavy atom. The predicted octanol–water partition coefficient (Wildman–Crippen LogP) is 2.21. The molecule has 3 rings (SSSR count). The van der Waals surface area contributed by atoms with Crippen LogP contribution in [0.4, 0.5) is 4.39 Å². The van der Waals surface area contributed by atoms with Crippen LogP contribution in [0.15, 0.2) is 0 Å². The summed E-state index contributed by atoms with van der Waals surface area (Å²) in [4.78, 5) is 16.4. The van der Waals surface area contributed by atoms with Crippen LogP contribution in [0, 0.1) is 5.92 Å². The van der Waals surface area contributed by atoms with Gasteiger partial charge in [-0.3, -0.25) is 4.79 Å². The van der Waals surface area contributed by atoms with Crippen molar-refractivity contribution in [3.63, 3.8) is 0 Å². The number of hydrogen-bond donors (Lipinski definition) is 0. The average molecular weight is 268 g/mol.